The predicted octanol–water partition coefficient (Wildman–Crippen LogP) is 0.792. The number of hydrogen-bond donors (Lipinski definition) is 2. The number of rotatable bonds is 7. The Morgan fingerprint density at radius 3 is 2.84 bits per heavy atom. The summed E-state index contributed by atoms with van der Waals surface area (Å²) in [6.07, 6.45) is 1.21. The van der Waals surface area contributed by atoms with E-state index in [1.54, 1.807) is 0 Å². The Morgan fingerprint density at radius 2 is 2.26 bits per heavy atom. The molecule has 9 heteroatoms. The SMILES string of the molecule is CCNc1ncc([N+](=O)[O-])c(NCCC(=O)OC)n1. The average Bonchev–Trinajstić information content (AvgIpc) is 2.38. The zero-order valence-electron chi connectivity index (χ0n) is 10.7. The first-order chi connectivity index (χ1) is 9.08. The molecule has 0 bridgehead atoms. The van der Waals surface area contributed by atoms with Crippen LogP contribution in [0.1, 0.15) is 13.3 Å². The second-order valence-corrected chi connectivity index (χ2v) is 3.47. The van der Waals surface area contributed by atoms with Crippen molar-refractivity contribution in [3.05, 3.63) is 16.3 Å². The van der Waals surface area contributed by atoms with Crippen LogP contribution in [0, 0.1) is 10.1 Å². The Labute approximate surface area is 109 Å². The van der Waals surface area contributed by atoms with Crippen LogP contribution in [0.4, 0.5) is 17.5 Å². The topological polar surface area (TPSA) is 119 Å². The van der Waals surface area contributed by atoms with Crippen LogP contribution in [-0.4, -0.2) is 41.1 Å². The van der Waals surface area contributed by atoms with Crippen LogP contribution in [0.3, 0.4) is 0 Å². The maximum atomic E-state index is 10.9. The van der Waals surface area contributed by atoms with E-state index < -0.39 is 10.9 Å². The molecule has 0 fully saturated rings. The lowest BCUT2D eigenvalue weighted by atomic mass is 10.4. The molecular formula is C10H15N5O4. The van der Waals surface area contributed by atoms with Crippen LogP contribution in [0.25, 0.3) is 0 Å². The number of nitrogens with one attached hydrogen (secondary N) is 2. The number of methoxy groups -OCH3 is 1. The summed E-state index contributed by atoms with van der Waals surface area (Å²) in [5.41, 5.74) is -0.244. The maximum Gasteiger partial charge on any atom is 0.329 e. The zero-order chi connectivity index (χ0) is 14.3. The van der Waals surface area contributed by atoms with Gasteiger partial charge in [-0.05, 0) is 6.92 Å². The highest BCUT2D eigenvalue weighted by Gasteiger charge is 2.17. The number of nitro groups is 1. The van der Waals surface area contributed by atoms with Crippen molar-refractivity contribution in [2.45, 2.75) is 13.3 Å². The van der Waals surface area contributed by atoms with Crippen molar-refractivity contribution < 1.29 is 14.5 Å². The van der Waals surface area contributed by atoms with Gasteiger partial charge in [0.25, 0.3) is 0 Å². The summed E-state index contributed by atoms with van der Waals surface area (Å²) < 4.78 is 4.47. The largest absolute Gasteiger partial charge is 0.469 e. The van der Waals surface area contributed by atoms with Gasteiger partial charge in [0.1, 0.15) is 6.20 Å². The van der Waals surface area contributed by atoms with Crippen LogP contribution in [0.5, 0.6) is 0 Å². The van der Waals surface area contributed by atoms with Crippen molar-refractivity contribution in [1.82, 2.24) is 9.97 Å². The molecule has 1 aromatic rings. The number of hydrogen-bond acceptors (Lipinski definition) is 8. The van der Waals surface area contributed by atoms with Gasteiger partial charge in [-0.15, -0.1) is 0 Å². The van der Waals surface area contributed by atoms with E-state index in [0.29, 0.717) is 6.54 Å². The minimum Gasteiger partial charge on any atom is -0.469 e. The Morgan fingerprint density at radius 1 is 1.53 bits per heavy atom. The first kappa shape index (κ1) is 14.6. The molecule has 1 rings (SSSR count). The number of nitrogens with zero attached hydrogens (tertiary/aromatic N) is 3. The quantitative estimate of drug-likeness (QED) is 0.423. The fourth-order valence-corrected chi connectivity index (χ4v) is 1.27. The molecular weight excluding hydrogens is 254 g/mol. The Kier molecular flexibility index (Phi) is 5.45. The molecule has 2 N–H and O–H groups in total. The van der Waals surface area contributed by atoms with E-state index in [1.165, 1.54) is 7.11 Å². The summed E-state index contributed by atoms with van der Waals surface area (Å²) in [6.45, 7) is 2.64. The van der Waals surface area contributed by atoms with E-state index >= 15 is 0 Å². The van der Waals surface area contributed by atoms with Crippen molar-refractivity contribution in [1.29, 1.82) is 0 Å². The predicted molar refractivity (Wildman–Crippen MR) is 68.0 cm³/mol. The van der Waals surface area contributed by atoms with E-state index in [-0.39, 0.29) is 30.4 Å². The van der Waals surface area contributed by atoms with Gasteiger partial charge in [-0.25, -0.2) is 4.98 Å². The second kappa shape index (κ2) is 7.09. The van der Waals surface area contributed by atoms with Gasteiger partial charge in [0.2, 0.25) is 11.8 Å². The summed E-state index contributed by atoms with van der Waals surface area (Å²) in [4.78, 5) is 29.0. The smallest absolute Gasteiger partial charge is 0.329 e. The molecule has 1 heterocycles. The van der Waals surface area contributed by atoms with Crippen LogP contribution < -0.4 is 10.6 Å². The Hall–Kier alpha value is -2.45. The highest BCUT2D eigenvalue weighted by atomic mass is 16.6. The van der Waals surface area contributed by atoms with E-state index in [9.17, 15) is 14.9 Å². The maximum absolute atomic E-state index is 10.9. The molecule has 0 saturated carbocycles. The highest BCUT2D eigenvalue weighted by molar-refractivity contribution is 5.70. The van der Waals surface area contributed by atoms with Gasteiger partial charge in [0.05, 0.1) is 18.5 Å². The van der Waals surface area contributed by atoms with E-state index in [2.05, 4.69) is 25.3 Å². The first-order valence-corrected chi connectivity index (χ1v) is 5.64. The number of carbonyl (C=O) groups is 1. The van der Waals surface area contributed by atoms with Crippen molar-refractivity contribution >= 4 is 23.4 Å². The first-order valence-electron chi connectivity index (χ1n) is 5.64. The van der Waals surface area contributed by atoms with E-state index in [4.69, 9.17) is 0 Å². The van der Waals surface area contributed by atoms with Gasteiger partial charge in [0.15, 0.2) is 0 Å². The van der Waals surface area contributed by atoms with Crippen LogP contribution >= 0.6 is 0 Å². The fourth-order valence-electron chi connectivity index (χ4n) is 1.27. The van der Waals surface area contributed by atoms with Crippen LogP contribution in [-0.2, 0) is 9.53 Å². The van der Waals surface area contributed by atoms with Crippen molar-refractivity contribution in [3.8, 4) is 0 Å². The zero-order valence-corrected chi connectivity index (χ0v) is 10.7. The monoisotopic (exact) mass is 269 g/mol. The number of carbonyl (C=O) groups excluding carboxylic acids is 1. The number of ether oxygens (including phenoxy) is 1. The third kappa shape index (κ3) is 4.37. The summed E-state index contributed by atoms with van der Waals surface area (Å²) in [5.74, 6) is -0.0513. The minimum absolute atomic E-state index is 0.0693. The Balaban J connectivity index is 2.79. The average molecular weight is 269 g/mol. The van der Waals surface area contributed by atoms with E-state index in [0.717, 1.165) is 6.20 Å². The van der Waals surface area contributed by atoms with Crippen LogP contribution in [0.2, 0.25) is 0 Å². The molecule has 9 nitrogen and oxygen atoms in total. The van der Waals surface area contributed by atoms with Gasteiger partial charge in [-0.1, -0.05) is 0 Å². The Bertz CT molecular complexity index is 465. The van der Waals surface area contributed by atoms with E-state index in [1.807, 2.05) is 6.92 Å². The third-order valence-corrected chi connectivity index (χ3v) is 2.15. The molecule has 19 heavy (non-hydrogen) atoms. The fraction of sp³-hybridized carbons (Fsp3) is 0.500. The summed E-state index contributed by atoms with van der Waals surface area (Å²) >= 11 is 0. The normalized spacial score (nSPS) is 9.79. The van der Waals surface area contributed by atoms with Gasteiger partial charge >= 0.3 is 11.7 Å². The highest BCUT2D eigenvalue weighted by Crippen LogP contribution is 2.21. The molecule has 0 amide bonds. The molecule has 1 aromatic heterocycles. The number of aromatic nitrogens is 2. The molecule has 0 unspecified atom stereocenters. The number of anilines is 2. The summed E-state index contributed by atoms with van der Waals surface area (Å²) in [6, 6.07) is 0. The lowest BCUT2D eigenvalue weighted by Crippen LogP contribution is -2.13. The third-order valence-electron chi connectivity index (χ3n) is 2.15. The molecule has 0 atom stereocenters. The van der Waals surface area contributed by atoms with Gasteiger partial charge in [-0.3, -0.25) is 14.9 Å². The van der Waals surface area contributed by atoms with Crippen molar-refractivity contribution in [3.63, 3.8) is 0 Å². The molecule has 0 aliphatic rings. The minimum atomic E-state index is -0.587. The van der Waals surface area contributed by atoms with Crippen LogP contribution in [0.15, 0.2) is 6.20 Å². The lowest BCUT2D eigenvalue weighted by molar-refractivity contribution is -0.384. The molecule has 0 saturated heterocycles. The molecule has 0 radical (unpaired) electrons. The lowest BCUT2D eigenvalue weighted by Gasteiger charge is -2.07. The summed E-state index contributed by atoms with van der Waals surface area (Å²) in [5, 5.41) is 16.4. The molecule has 0 spiro atoms. The van der Waals surface area contributed by atoms with Crippen molar-refractivity contribution in [2.24, 2.45) is 0 Å². The molecule has 104 valence electrons. The molecule has 0 aliphatic heterocycles. The van der Waals surface area contributed by atoms with Gasteiger partial charge in [0, 0.05) is 13.1 Å². The standard InChI is InChI=1S/C10H15N5O4/c1-3-11-10-13-6-7(15(17)18)9(14-10)12-5-4-8(16)19-2/h6H,3-5H2,1-2H3,(H2,11,12,13,14). The second-order valence-electron chi connectivity index (χ2n) is 3.47. The van der Waals surface area contributed by atoms with Gasteiger partial charge in [-0.2, -0.15) is 4.98 Å². The molecule has 0 aliphatic carbocycles. The number of esters is 1. The summed E-state index contributed by atoms with van der Waals surface area (Å²) in [7, 11) is 1.28. The van der Waals surface area contributed by atoms with Gasteiger partial charge < -0.3 is 15.4 Å². The molecule has 0 aromatic carbocycles. The van der Waals surface area contributed by atoms with Crippen molar-refractivity contribution in [2.75, 3.05) is 30.8 Å².